The van der Waals surface area contributed by atoms with Crippen molar-refractivity contribution < 1.29 is 0 Å². The number of rotatable bonds is 6. The molecule has 0 saturated carbocycles. The monoisotopic (exact) mass is 514 g/mol. The van der Waals surface area contributed by atoms with Gasteiger partial charge in [-0.05, 0) is 0 Å². The van der Waals surface area contributed by atoms with Crippen LogP contribution in [0.4, 0.5) is 0 Å². The van der Waals surface area contributed by atoms with Crippen LogP contribution in [-0.4, -0.2) is 26.5 Å². The summed E-state index contributed by atoms with van der Waals surface area (Å²) >= 11 is -5.40. The second-order valence-electron chi connectivity index (χ2n) is 8.59. The Hall–Kier alpha value is -2.03. The van der Waals surface area contributed by atoms with Crippen LogP contribution in [-0.2, 0) is 0 Å². The van der Waals surface area contributed by atoms with Gasteiger partial charge >= 0.3 is 187 Å². The van der Waals surface area contributed by atoms with E-state index >= 15 is 0 Å². The van der Waals surface area contributed by atoms with Crippen LogP contribution in [0.25, 0.3) is 0 Å². The second-order valence-corrected chi connectivity index (χ2v) is 29.7. The summed E-state index contributed by atoms with van der Waals surface area (Å²) in [4.78, 5) is 0. The molecule has 0 unspecified atom stereocenters. The average molecular weight is 512 g/mol. The fraction of sp³-hybridized carbons (Fsp3) is 0.143. The predicted octanol–water partition coefficient (Wildman–Crippen LogP) is 4.70. The zero-order valence-electron chi connectivity index (χ0n) is 18.1. The zero-order chi connectivity index (χ0) is 21.0. The molecule has 0 aromatic heterocycles. The SMILES string of the molecule is C[CH]([Ge]([CH3])([c]1ccccc1)[c]1ccccc1)[Ge]([CH3])([c]1ccccc1)[c]1ccccc1. The molecule has 4 aromatic rings. The molecular formula is C28H30Ge2. The van der Waals surface area contributed by atoms with Crippen molar-refractivity contribution >= 4 is 44.1 Å². The van der Waals surface area contributed by atoms with Crippen LogP contribution in [0.15, 0.2) is 121 Å². The first-order valence-corrected chi connectivity index (χ1v) is 21.6. The first kappa shape index (κ1) is 21.2. The third-order valence-electron chi connectivity index (χ3n) is 7.23. The van der Waals surface area contributed by atoms with Gasteiger partial charge in [-0.25, -0.2) is 0 Å². The Kier molecular flexibility index (Phi) is 6.36. The fourth-order valence-corrected chi connectivity index (χ4v) is 40.3. The van der Waals surface area contributed by atoms with Gasteiger partial charge in [-0.3, -0.25) is 0 Å². The molecule has 0 amide bonds. The van der Waals surface area contributed by atoms with Crippen molar-refractivity contribution in [3.05, 3.63) is 121 Å². The molecule has 4 aromatic carbocycles. The molecule has 0 aliphatic carbocycles. The van der Waals surface area contributed by atoms with Crippen molar-refractivity contribution in [2.45, 2.75) is 22.0 Å². The molecule has 0 radical (unpaired) electrons. The average Bonchev–Trinajstić information content (AvgIpc) is 2.84. The van der Waals surface area contributed by atoms with E-state index < -0.39 is 26.5 Å². The van der Waals surface area contributed by atoms with E-state index in [0.29, 0.717) is 3.58 Å². The molecule has 2 heteroatoms. The van der Waals surface area contributed by atoms with Gasteiger partial charge in [0.1, 0.15) is 0 Å². The molecule has 0 bridgehead atoms. The second kappa shape index (κ2) is 8.99. The minimum absolute atomic E-state index is 0.666. The summed E-state index contributed by atoms with van der Waals surface area (Å²) in [6.07, 6.45) is 0. The standard InChI is InChI=1S/C28H30Ge2/c1-24(29(2,25-16-8-4-9-17-25)26-18-10-5-11-19-26)30(3,27-20-12-6-13-21-27)28-22-14-7-15-23-28/h4-24H,1-3H3. The summed E-state index contributed by atoms with van der Waals surface area (Å²) in [5.41, 5.74) is 0. The van der Waals surface area contributed by atoms with Crippen molar-refractivity contribution in [3.8, 4) is 0 Å². The molecule has 0 fully saturated rings. The number of hydrogen-bond donors (Lipinski definition) is 0. The van der Waals surface area contributed by atoms with E-state index in [2.05, 4.69) is 140 Å². The van der Waals surface area contributed by atoms with E-state index in [1.165, 1.54) is 0 Å². The van der Waals surface area contributed by atoms with E-state index in [9.17, 15) is 0 Å². The van der Waals surface area contributed by atoms with Crippen molar-refractivity contribution in [1.82, 2.24) is 0 Å². The summed E-state index contributed by atoms with van der Waals surface area (Å²) in [7, 11) is 0. The quantitative estimate of drug-likeness (QED) is 0.329. The van der Waals surface area contributed by atoms with Gasteiger partial charge < -0.3 is 0 Å². The summed E-state index contributed by atoms with van der Waals surface area (Å²) in [6.45, 7) is 2.58. The molecular weight excluding hydrogens is 482 g/mol. The third-order valence-corrected chi connectivity index (χ3v) is 39.9. The Morgan fingerprint density at radius 1 is 0.400 bits per heavy atom. The summed E-state index contributed by atoms with van der Waals surface area (Å²) < 4.78 is 7.00. The Balaban J connectivity index is 1.98. The first-order chi connectivity index (χ1) is 14.6. The first-order valence-electron chi connectivity index (χ1n) is 10.8. The van der Waals surface area contributed by atoms with Crippen molar-refractivity contribution in [2.24, 2.45) is 0 Å². The maximum absolute atomic E-state index is 2.70. The number of hydrogen-bond acceptors (Lipinski definition) is 0. The van der Waals surface area contributed by atoms with Crippen molar-refractivity contribution in [1.29, 1.82) is 0 Å². The molecule has 0 nitrogen and oxygen atoms in total. The Morgan fingerprint density at radius 2 is 0.600 bits per heavy atom. The molecule has 0 aliphatic heterocycles. The van der Waals surface area contributed by atoms with Gasteiger partial charge in [0.2, 0.25) is 0 Å². The molecule has 0 atom stereocenters. The van der Waals surface area contributed by atoms with Crippen LogP contribution in [0.2, 0.25) is 15.1 Å². The summed E-state index contributed by atoms with van der Waals surface area (Å²) in [5.74, 6) is 5.29. The Labute approximate surface area is 186 Å². The van der Waals surface area contributed by atoms with E-state index in [1.807, 2.05) is 0 Å². The van der Waals surface area contributed by atoms with E-state index in [1.54, 1.807) is 17.6 Å². The molecule has 30 heavy (non-hydrogen) atoms. The van der Waals surface area contributed by atoms with Crippen LogP contribution in [0.3, 0.4) is 0 Å². The molecule has 150 valence electrons. The molecule has 0 aliphatic rings. The zero-order valence-corrected chi connectivity index (χ0v) is 22.3. The molecule has 0 spiro atoms. The van der Waals surface area contributed by atoms with Gasteiger partial charge in [-0.1, -0.05) is 0 Å². The van der Waals surface area contributed by atoms with Crippen LogP contribution >= 0.6 is 0 Å². The van der Waals surface area contributed by atoms with Crippen molar-refractivity contribution in [2.75, 3.05) is 0 Å². The van der Waals surface area contributed by atoms with Gasteiger partial charge in [-0.15, -0.1) is 0 Å². The van der Waals surface area contributed by atoms with Crippen LogP contribution in [0, 0.1) is 0 Å². The topological polar surface area (TPSA) is 0 Å². The van der Waals surface area contributed by atoms with Gasteiger partial charge in [0.25, 0.3) is 0 Å². The molecule has 4 rings (SSSR count). The summed E-state index contributed by atoms with van der Waals surface area (Å²) in [6, 6.07) is 45.5. The van der Waals surface area contributed by atoms with Crippen LogP contribution in [0.1, 0.15) is 6.92 Å². The Morgan fingerprint density at radius 3 is 0.800 bits per heavy atom. The van der Waals surface area contributed by atoms with Gasteiger partial charge in [0, 0.05) is 0 Å². The fourth-order valence-electron chi connectivity index (χ4n) is 5.05. The van der Waals surface area contributed by atoms with E-state index in [-0.39, 0.29) is 0 Å². The maximum atomic E-state index is 2.64. The number of benzene rings is 4. The van der Waals surface area contributed by atoms with E-state index in [0.717, 1.165) is 0 Å². The summed E-state index contributed by atoms with van der Waals surface area (Å²) in [5, 5.41) is 0. The van der Waals surface area contributed by atoms with Gasteiger partial charge in [0.15, 0.2) is 0 Å². The molecule has 0 N–H and O–H groups in total. The third kappa shape index (κ3) is 3.72. The normalized spacial score (nSPS) is 12.1. The van der Waals surface area contributed by atoms with Gasteiger partial charge in [-0.2, -0.15) is 0 Å². The van der Waals surface area contributed by atoms with Gasteiger partial charge in [0.05, 0.1) is 0 Å². The van der Waals surface area contributed by atoms with Crippen LogP contribution < -0.4 is 17.6 Å². The van der Waals surface area contributed by atoms with Crippen molar-refractivity contribution in [3.63, 3.8) is 0 Å². The molecule has 0 heterocycles. The predicted molar refractivity (Wildman–Crippen MR) is 137 cm³/mol. The van der Waals surface area contributed by atoms with E-state index in [4.69, 9.17) is 0 Å². The minimum atomic E-state index is -2.70. The Bertz CT molecular complexity index is 893. The molecule has 0 saturated heterocycles. The van der Waals surface area contributed by atoms with Crippen LogP contribution in [0.5, 0.6) is 0 Å².